The molecule has 1 aromatic heterocycles. The van der Waals surface area contributed by atoms with Crippen LogP contribution in [0, 0.1) is 11.7 Å². The van der Waals surface area contributed by atoms with Crippen molar-refractivity contribution in [2.45, 2.75) is 31.1 Å². The van der Waals surface area contributed by atoms with E-state index in [1.54, 1.807) is 0 Å². The van der Waals surface area contributed by atoms with Crippen LogP contribution in [-0.2, 0) is 22.9 Å². The molecule has 128 valence electrons. The number of nitrogens with one attached hydrogen (secondary N) is 1. The smallest absolute Gasteiger partial charge is 0.262 e. The number of amides is 1. The van der Waals surface area contributed by atoms with E-state index in [9.17, 15) is 17.6 Å². The topological polar surface area (TPSA) is 89.3 Å². The summed E-state index contributed by atoms with van der Waals surface area (Å²) >= 11 is 1.23. The SMILES string of the molecule is C[C@@H]1CCc2c(sc(NS(=O)(=O)c3cccc(F)c3)c2C(N)=O)C1. The van der Waals surface area contributed by atoms with Crippen LogP contribution in [0.2, 0.25) is 0 Å². The number of nitrogens with two attached hydrogens (primary N) is 1. The van der Waals surface area contributed by atoms with Crippen LogP contribution in [0.4, 0.5) is 9.39 Å². The van der Waals surface area contributed by atoms with Crippen molar-refractivity contribution in [3.05, 3.63) is 46.1 Å². The van der Waals surface area contributed by atoms with E-state index in [-0.39, 0.29) is 15.5 Å². The fraction of sp³-hybridized carbons (Fsp3) is 0.312. The quantitative estimate of drug-likeness (QED) is 0.869. The van der Waals surface area contributed by atoms with Crippen molar-refractivity contribution in [1.29, 1.82) is 0 Å². The number of rotatable bonds is 4. The van der Waals surface area contributed by atoms with Crippen LogP contribution in [0.3, 0.4) is 0 Å². The third-order valence-electron chi connectivity index (χ3n) is 4.09. The van der Waals surface area contributed by atoms with Gasteiger partial charge < -0.3 is 5.73 Å². The third kappa shape index (κ3) is 3.16. The molecule has 5 nitrogen and oxygen atoms in total. The zero-order chi connectivity index (χ0) is 17.5. The third-order valence-corrected chi connectivity index (χ3v) is 6.74. The van der Waals surface area contributed by atoms with Crippen molar-refractivity contribution in [2.24, 2.45) is 11.7 Å². The number of thiophene rings is 1. The lowest BCUT2D eigenvalue weighted by Gasteiger charge is -2.18. The number of carbonyl (C=O) groups excluding carboxylic acids is 1. The number of hydrogen-bond donors (Lipinski definition) is 2. The molecule has 0 aliphatic heterocycles. The highest BCUT2D eigenvalue weighted by atomic mass is 32.2. The molecule has 0 saturated carbocycles. The summed E-state index contributed by atoms with van der Waals surface area (Å²) in [5, 5.41) is 0.214. The second-order valence-electron chi connectivity index (χ2n) is 5.98. The lowest BCUT2D eigenvalue weighted by atomic mass is 9.88. The summed E-state index contributed by atoms with van der Waals surface area (Å²) in [6, 6.07) is 4.71. The Bertz CT molecular complexity index is 906. The van der Waals surface area contributed by atoms with Crippen molar-refractivity contribution in [2.75, 3.05) is 4.72 Å². The fourth-order valence-electron chi connectivity index (χ4n) is 2.90. The van der Waals surface area contributed by atoms with Crippen molar-refractivity contribution in [3.63, 3.8) is 0 Å². The van der Waals surface area contributed by atoms with Gasteiger partial charge in [-0.15, -0.1) is 11.3 Å². The fourth-order valence-corrected chi connectivity index (χ4v) is 5.65. The number of anilines is 1. The van der Waals surface area contributed by atoms with E-state index in [2.05, 4.69) is 11.6 Å². The monoisotopic (exact) mass is 368 g/mol. The number of carbonyl (C=O) groups is 1. The number of halogens is 1. The zero-order valence-corrected chi connectivity index (χ0v) is 14.6. The van der Waals surface area contributed by atoms with E-state index in [0.717, 1.165) is 29.3 Å². The molecular formula is C16H17FN2O3S2. The first-order valence-corrected chi connectivity index (χ1v) is 9.80. The average Bonchev–Trinajstić information content (AvgIpc) is 2.83. The van der Waals surface area contributed by atoms with Crippen LogP contribution in [0.5, 0.6) is 0 Å². The van der Waals surface area contributed by atoms with Crippen molar-refractivity contribution in [1.82, 2.24) is 0 Å². The predicted octanol–water partition coefficient (Wildman–Crippen LogP) is 2.91. The van der Waals surface area contributed by atoms with Gasteiger partial charge in [0, 0.05) is 4.88 Å². The molecule has 1 amide bonds. The first-order chi connectivity index (χ1) is 11.3. The number of fused-ring (bicyclic) bond motifs is 1. The maximum Gasteiger partial charge on any atom is 0.262 e. The van der Waals surface area contributed by atoms with Gasteiger partial charge in [-0.1, -0.05) is 13.0 Å². The highest BCUT2D eigenvalue weighted by Gasteiger charge is 2.28. The van der Waals surface area contributed by atoms with Gasteiger partial charge in [0.1, 0.15) is 10.8 Å². The van der Waals surface area contributed by atoms with E-state index in [1.807, 2.05) is 0 Å². The van der Waals surface area contributed by atoms with Crippen LogP contribution in [0.25, 0.3) is 0 Å². The molecule has 0 saturated heterocycles. The summed E-state index contributed by atoms with van der Waals surface area (Å²) in [5.41, 5.74) is 6.55. The standard InChI is InChI=1S/C16H17FN2O3S2/c1-9-5-6-12-13(7-9)23-16(14(12)15(18)20)19-24(21,22)11-4-2-3-10(17)8-11/h2-4,8-9,19H,5-7H2,1H3,(H2,18,20)/t9-/m1/s1. The molecule has 1 aliphatic rings. The molecule has 0 radical (unpaired) electrons. The molecule has 1 aliphatic carbocycles. The van der Waals surface area contributed by atoms with E-state index >= 15 is 0 Å². The Morgan fingerprint density at radius 2 is 2.17 bits per heavy atom. The average molecular weight is 368 g/mol. The Kier molecular flexibility index (Phi) is 4.35. The minimum Gasteiger partial charge on any atom is -0.365 e. The summed E-state index contributed by atoms with van der Waals surface area (Å²) in [5.74, 6) is -0.823. The van der Waals surface area contributed by atoms with Gasteiger partial charge in [0.05, 0.1) is 10.5 Å². The first kappa shape index (κ1) is 16.9. The molecule has 1 atom stereocenters. The number of primary amides is 1. The second-order valence-corrected chi connectivity index (χ2v) is 8.77. The minimum atomic E-state index is -3.99. The molecular weight excluding hydrogens is 351 g/mol. The maximum absolute atomic E-state index is 13.3. The zero-order valence-electron chi connectivity index (χ0n) is 13.0. The lowest BCUT2D eigenvalue weighted by molar-refractivity contribution is 0.100. The van der Waals surface area contributed by atoms with E-state index in [4.69, 9.17) is 5.73 Å². The molecule has 0 bridgehead atoms. The van der Waals surface area contributed by atoms with Gasteiger partial charge >= 0.3 is 0 Å². The number of hydrogen-bond acceptors (Lipinski definition) is 4. The molecule has 3 rings (SSSR count). The molecule has 8 heteroatoms. The summed E-state index contributed by atoms with van der Waals surface area (Å²) < 4.78 is 40.7. The Labute approximate surface area is 143 Å². The summed E-state index contributed by atoms with van der Waals surface area (Å²) in [4.78, 5) is 12.6. The van der Waals surface area contributed by atoms with Gasteiger partial charge in [-0.3, -0.25) is 9.52 Å². The molecule has 24 heavy (non-hydrogen) atoms. The predicted molar refractivity (Wildman–Crippen MR) is 91.2 cm³/mol. The van der Waals surface area contributed by atoms with E-state index in [1.165, 1.54) is 29.5 Å². The van der Waals surface area contributed by atoms with Gasteiger partial charge in [-0.05, 0) is 48.9 Å². The summed E-state index contributed by atoms with van der Waals surface area (Å²) in [6.45, 7) is 2.11. The Morgan fingerprint density at radius 3 is 2.83 bits per heavy atom. The van der Waals surface area contributed by atoms with Crippen molar-refractivity contribution in [3.8, 4) is 0 Å². The van der Waals surface area contributed by atoms with E-state index < -0.39 is 21.7 Å². The van der Waals surface area contributed by atoms with Crippen LogP contribution in [0.15, 0.2) is 29.2 Å². The molecule has 0 fully saturated rings. The van der Waals surface area contributed by atoms with Crippen LogP contribution < -0.4 is 10.5 Å². The lowest BCUT2D eigenvalue weighted by Crippen LogP contribution is -2.19. The van der Waals surface area contributed by atoms with Crippen molar-refractivity contribution >= 4 is 32.3 Å². The van der Waals surface area contributed by atoms with Gasteiger partial charge in [0.25, 0.3) is 15.9 Å². The molecule has 0 unspecified atom stereocenters. The van der Waals surface area contributed by atoms with Crippen LogP contribution >= 0.6 is 11.3 Å². The molecule has 1 heterocycles. The molecule has 2 aromatic rings. The van der Waals surface area contributed by atoms with Gasteiger partial charge in [-0.2, -0.15) is 0 Å². The highest BCUT2D eigenvalue weighted by molar-refractivity contribution is 7.93. The second kappa shape index (κ2) is 6.18. The van der Waals surface area contributed by atoms with Gasteiger partial charge in [0.15, 0.2) is 0 Å². The van der Waals surface area contributed by atoms with Crippen LogP contribution in [-0.4, -0.2) is 14.3 Å². The van der Waals surface area contributed by atoms with Crippen LogP contribution in [0.1, 0.15) is 34.1 Å². The maximum atomic E-state index is 13.3. The van der Waals surface area contributed by atoms with E-state index in [0.29, 0.717) is 12.3 Å². The minimum absolute atomic E-state index is 0.197. The van der Waals surface area contributed by atoms with Gasteiger partial charge in [0.2, 0.25) is 0 Å². The Hall–Kier alpha value is -1.93. The van der Waals surface area contributed by atoms with Crippen molar-refractivity contribution < 1.29 is 17.6 Å². The summed E-state index contributed by atoms with van der Waals surface area (Å²) in [7, 11) is -3.99. The number of sulfonamides is 1. The highest BCUT2D eigenvalue weighted by Crippen LogP contribution is 2.40. The molecule has 0 spiro atoms. The Balaban J connectivity index is 2.02. The number of benzene rings is 1. The summed E-state index contributed by atoms with van der Waals surface area (Å²) in [6.07, 6.45) is 2.43. The molecule has 3 N–H and O–H groups in total. The van der Waals surface area contributed by atoms with Gasteiger partial charge in [-0.25, -0.2) is 12.8 Å². The first-order valence-electron chi connectivity index (χ1n) is 7.50. The Morgan fingerprint density at radius 1 is 1.42 bits per heavy atom. The molecule has 1 aromatic carbocycles. The largest absolute Gasteiger partial charge is 0.365 e. The normalized spacial score (nSPS) is 17.3.